The van der Waals surface area contributed by atoms with E-state index in [2.05, 4.69) is 17.6 Å². The predicted molar refractivity (Wildman–Crippen MR) is 96.6 cm³/mol. The largest absolute Gasteiger partial charge is 0.326 e. The molecular formula is C20H25FN2O. The molecule has 2 aromatic carbocycles. The standard InChI is InChI=1S/C20H25FN2O/c1-15(14-18-5-9-19(21)10-6-18)22-13-3-4-17-7-11-20(12-8-17)23-16(2)24/h5-12,15,22H,3-4,13-14H2,1-2H3,(H,23,24). The normalized spacial score (nSPS) is 12.0. The Bertz CT molecular complexity index is 638. The minimum Gasteiger partial charge on any atom is -0.326 e. The zero-order valence-electron chi connectivity index (χ0n) is 14.3. The van der Waals surface area contributed by atoms with Crippen LogP contribution in [0.15, 0.2) is 48.5 Å². The van der Waals surface area contributed by atoms with Crippen LogP contribution < -0.4 is 10.6 Å². The van der Waals surface area contributed by atoms with E-state index in [4.69, 9.17) is 0 Å². The molecule has 2 N–H and O–H groups in total. The number of halogens is 1. The van der Waals surface area contributed by atoms with Gasteiger partial charge in [0.1, 0.15) is 5.82 Å². The van der Waals surface area contributed by atoms with Crippen molar-refractivity contribution < 1.29 is 9.18 Å². The first kappa shape index (κ1) is 18.1. The van der Waals surface area contributed by atoms with Crippen molar-refractivity contribution in [3.8, 4) is 0 Å². The van der Waals surface area contributed by atoms with Crippen molar-refractivity contribution in [3.63, 3.8) is 0 Å². The van der Waals surface area contributed by atoms with E-state index in [-0.39, 0.29) is 11.7 Å². The molecule has 0 heterocycles. The van der Waals surface area contributed by atoms with Crippen molar-refractivity contribution in [1.82, 2.24) is 5.32 Å². The van der Waals surface area contributed by atoms with Crippen LogP contribution >= 0.6 is 0 Å². The summed E-state index contributed by atoms with van der Waals surface area (Å²) in [7, 11) is 0. The van der Waals surface area contributed by atoms with Gasteiger partial charge < -0.3 is 10.6 Å². The Morgan fingerprint density at radius 3 is 2.29 bits per heavy atom. The van der Waals surface area contributed by atoms with E-state index in [1.54, 1.807) is 0 Å². The van der Waals surface area contributed by atoms with Gasteiger partial charge in [0, 0.05) is 18.7 Å². The molecule has 1 amide bonds. The maximum Gasteiger partial charge on any atom is 0.221 e. The minimum absolute atomic E-state index is 0.0536. The minimum atomic E-state index is -0.191. The van der Waals surface area contributed by atoms with Gasteiger partial charge in [-0.1, -0.05) is 24.3 Å². The summed E-state index contributed by atoms with van der Waals surface area (Å²) in [5, 5.41) is 6.27. The van der Waals surface area contributed by atoms with E-state index in [0.717, 1.165) is 37.1 Å². The van der Waals surface area contributed by atoms with Crippen LogP contribution in [0.3, 0.4) is 0 Å². The molecular weight excluding hydrogens is 303 g/mol. The summed E-state index contributed by atoms with van der Waals surface area (Å²) in [5.74, 6) is -0.244. The SMILES string of the molecule is CC(=O)Nc1ccc(CCCNC(C)Cc2ccc(F)cc2)cc1. The maximum atomic E-state index is 12.9. The molecule has 2 rings (SSSR count). The average molecular weight is 328 g/mol. The first-order valence-electron chi connectivity index (χ1n) is 8.37. The van der Waals surface area contributed by atoms with Crippen LogP contribution in [-0.4, -0.2) is 18.5 Å². The zero-order valence-corrected chi connectivity index (χ0v) is 14.3. The van der Waals surface area contributed by atoms with Crippen molar-refractivity contribution in [2.24, 2.45) is 0 Å². The van der Waals surface area contributed by atoms with Gasteiger partial charge in [-0.25, -0.2) is 4.39 Å². The second-order valence-electron chi connectivity index (χ2n) is 6.17. The van der Waals surface area contributed by atoms with E-state index >= 15 is 0 Å². The lowest BCUT2D eigenvalue weighted by atomic mass is 10.1. The Morgan fingerprint density at radius 2 is 1.67 bits per heavy atom. The van der Waals surface area contributed by atoms with Gasteiger partial charge in [0.2, 0.25) is 5.91 Å². The van der Waals surface area contributed by atoms with Crippen LogP contribution in [-0.2, 0) is 17.6 Å². The fourth-order valence-corrected chi connectivity index (χ4v) is 2.65. The molecule has 0 radical (unpaired) electrons. The Hall–Kier alpha value is -2.20. The summed E-state index contributed by atoms with van der Waals surface area (Å²) in [6.45, 7) is 4.59. The molecule has 1 unspecified atom stereocenters. The summed E-state index contributed by atoms with van der Waals surface area (Å²) in [5.41, 5.74) is 3.24. The van der Waals surface area contributed by atoms with Crippen LogP contribution in [0.1, 0.15) is 31.4 Å². The van der Waals surface area contributed by atoms with E-state index in [1.165, 1.54) is 24.6 Å². The quantitative estimate of drug-likeness (QED) is 0.721. The van der Waals surface area contributed by atoms with E-state index in [1.807, 2.05) is 36.4 Å². The molecule has 0 aliphatic rings. The second-order valence-corrected chi connectivity index (χ2v) is 6.17. The molecule has 24 heavy (non-hydrogen) atoms. The molecule has 0 aliphatic heterocycles. The van der Waals surface area contributed by atoms with Crippen LogP contribution in [0.25, 0.3) is 0 Å². The van der Waals surface area contributed by atoms with Gasteiger partial charge >= 0.3 is 0 Å². The van der Waals surface area contributed by atoms with E-state index in [0.29, 0.717) is 6.04 Å². The summed E-state index contributed by atoms with van der Waals surface area (Å²) in [4.78, 5) is 11.0. The highest BCUT2D eigenvalue weighted by Gasteiger charge is 2.03. The third kappa shape index (κ3) is 6.50. The van der Waals surface area contributed by atoms with Crippen LogP contribution in [0.4, 0.5) is 10.1 Å². The monoisotopic (exact) mass is 328 g/mol. The highest BCUT2D eigenvalue weighted by Crippen LogP contribution is 2.11. The molecule has 0 spiro atoms. The van der Waals surface area contributed by atoms with Crippen LogP contribution in [0.2, 0.25) is 0 Å². The van der Waals surface area contributed by atoms with Gasteiger partial charge in [-0.05, 0) is 68.1 Å². The number of rotatable bonds is 8. The Morgan fingerprint density at radius 1 is 1.04 bits per heavy atom. The summed E-state index contributed by atoms with van der Waals surface area (Å²) < 4.78 is 12.9. The fraction of sp³-hybridized carbons (Fsp3) is 0.350. The van der Waals surface area contributed by atoms with Gasteiger partial charge in [-0.15, -0.1) is 0 Å². The molecule has 128 valence electrons. The van der Waals surface area contributed by atoms with Gasteiger partial charge in [-0.3, -0.25) is 4.79 Å². The van der Waals surface area contributed by atoms with Gasteiger partial charge in [0.05, 0.1) is 0 Å². The second kappa shape index (κ2) is 9.18. The molecule has 0 aliphatic carbocycles. The lowest BCUT2D eigenvalue weighted by Crippen LogP contribution is -2.29. The predicted octanol–water partition coefficient (Wildman–Crippen LogP) is 3.94. The topological polar surface area (TPSA) is 41.1 Å². The van der Waals surface area contributed by atoms with Crippen LogP contribution in [0, 0.1) is 5.82 Å². The smallest absolute Gasteiger partial charge is 0.221 e. The number of hydrogen-bond donors (Lipinski definition) is 2. The maximum absolute atomic E-state index is 12.9. The van der Waals surface area contributed by atoms with E-state index in [9.17, 15) is 9.18 Å². The number of hydrogen-bond acceptors (Lipinski definition) is 2. The zero-order chi connectivity index (χ0) is 17.4. The fourth-order valence-electron chi connectivity index (χ4n) is 2.65. The van der Waals surface area contributed by atoms with Gasteiger partial charge in [0.25, 0.3) is 0 Å². The number of anilines is 1. The first-order chi connectivity index (χ1) is 11.5. The number of benzene rings is 2. The molecule has 0 saturated carbocycles. The van der Waals surface area contributed by atoms with Crippen molar-refractivity contribution in [1.29, 1.82) is 0 Å². The number of carbonyl (C=O) groups excluding carboxylic acids is 1. The number of aryl methyl sites for hydroxylation is 1. The summed E-state index contributed by atoms with van der Waals surface area (Å²) in [6.07, 6.45) is 2.94. The van der Waals surface area contributed by atoms with Crippen LogP contribution in [0.5, 0.6) is 0 Å². The molecule has 0 bridgehead atoms. The third-order valence-corrected chi connectivity index (χ3v) is 3.86. The molecule has 4 heteroatoms. The molecule has 0 aromatic heterocycles. The van der Waals surface area contributed by atoms with Crippen molar-refractivity contribution >= 4 is 11.6 Å². The van der Waals surface area contributed by atoms with Crippen molar-refractivity contribution in [2.45, 2.75) is 39.2 Å². The number of nitrogens with one attached hydrogen (secondary N) is 2. The number of amides is 1. The van der Waals surface area contributed by atoms with Gasteiger partial charge in [0.15, 0.2) is 0 Å². The molecule has 2 aromatic rings. The first-order valence-corrected chi connectivity index (χ1v) is 8.37. The highest BCUT2D eigenvalue weighted by atomic mass is 19.1. The van der Waals surface area contributed by atoms with Crippen molar-refractivity contribution in [3.05, 3.63) is 65.5 Å². The summed E-state index contributed by atoms with van der Waals surface area (Å²) in [6, 6.07) is 15.0. The highest BCUT2D eigenvalue weighted by molar-refractivity contribution is 5.88. The molecule has 0 fully saturated rings. The molecule has 0 saturated heterocycles. The third-order valence-electron chi connectivity index (χ3n) is 3.86. The van der Waals surface area contributed by atoms with Crippen molar-refractivity contribution in [2.75, 3.05) is 11.9 Å². The average Bonchev–Trinajstić information content (AvgIpc) is 2.55. The van der Waals surface area contributed by atoms with E-state index < -0.39 is 0 Å². The Balaban J connectivity index is 1.66. The summed E-state index contributed by atoms with van der Waals surface area (Å²) >= 11 is 0. The van der Waals surface area contributed by atoms with Gasteiger partial charge in [-0.2, -0.15) is 0 Å². The number of carbonyl (C=O) groups is 1. The molecule has 3 nitrogen and oxygen atoms in total. The molecule has 1 atom stereocenters. The lowest BCUT2D eigenvalue weighted by Gasteiger charge is -2.14. The Labute approximate surface area is 143 Å². The Kier molecular flexibility index (Phi) is 6.94. The lowest BCUT2D eigenvalue weighted by molar-refractivity contribution is -0.114.